The second kappa shape index (κ2) is 7.96. The van der Waals surface area contributed by atoms with Crippen LogP contribution < -0.4 is 10.3 Å². The molecule has 0 spiro atoms. The Kier molecular flexibility index (Phi) is 5.65. The highest BCUT2D eigenvalue weighted by atomic mass is 16.5. The number of hydrogen-bond acceptors (Lipinski definition) is 6. The first-order valence-electron chi connectivity index (χ1n) is 9.13. The number of aromatic nitrogens is 3. The van der Waals surface area contributed by atoms with Crippen LogP contribution in [0.3, 0.4) is 0 Å². The Labute approximate surface area is 158 Å². The highest BCUT2D eigenvalue weighted by molar-refractivity contribution is 5.93. The molecule has 8 nitrogen and oxygen atoms in total. The third-order valence-corrected chi connectivity index (χ3v) is 4.59. The predicted octanol–water partition coefficient (Wildman–Crippen LogP) is 1.51. The summed E-state index contributed by atoms with van der Waals surface area (Å²) in [4.78, 5) is 34.8. The van der Waals surface area contributed by atoms with Gasteiger partial charge < -0.3 is 19.0 Å². The molecule has 2 aromatic rings. The minimum absolute atomic E-state index is 0.151. The van der Waals surface area contributed by atoms with Crippen molar-refractivity contribution in [3.63, 3.8) is 0 Å². The Morgan fingerprint density at radius 3 is 2.74 bits per heavy atom. The van der Waals surface area contributed by atoms with Gasteiger partial charge in [0.15, 0.2) is 0 Å². The lowest BCUT2D eigenvalue weighted by Crippen LogP contribution is -2.29. The van der Waals surface area contributed by atoms with Crippen LogP contribution in [0, 0.1) is 6.92 Å². The van der Waals surface area contributed by atoms with Crippen LogP contribution in [0.5, 0.6) is 5.75 Å². The summed E-state index contributed by atoms with van der Waals surface area (Å²) in [6, 6.07) is 1.39. The zero-order valence-corrected chi connectivity index (χ0v) is 16.2. The molecule has 0 aromatic carbocycles. The molecule has 0 radical (unpaired) electrons. The van der Waals surface area contributed by atoms with E-state index in [0.29, 0.717) is 49.6 Å². The standard InChI is InChI=1S/C19H26N4O4/c1-12(2)27-16-9-17(24)23-8-7-22(11-14-10-20-13(3)21-14)6-5-15(23)18(16)19(25)26-4/h9-10,12H,5-8,11H2,1-4H3,(H,20,21). The van der Waals surface area contributed by atoms with Crippen molar-refractivity contribution in [1.29, 1.82) is 0 Å². The van der Waals surface area contributed by atoms with Crippen LogP contribution >= 0.6 is 0 Å². The molecule has 2 aromatic heterocycles. The Hall–Kier alpha value is -2.61. The van der Waals surface area contributed by atoms with E-state index in [2.05, 4.69) is 14.9 Å². The lowest BCUT2D eigenvalue weighted by molar-refractivity contribution is 0.0591. The number of rotatable bonds is 5. The van der Waals surface area contributed by atoms with Crippen LogP contribution in [0.1, 0.15) is 41.4 Å². The van der Waals surface area contributed by atoms with Crippen molar-refractivity contribution in [1.82, 2.24) is 19.4 Å². The van der Waals surface area contributed by atoms with Crippen LogP contribution in [0.15, 0.2) is 17.1 Å². The molecule has 3 heterocycles. The van der Waals surface area contributed by atoms with Crippen LogP contribution in [-0.2, 0) is 24.2 Å². The first kappa shape index (κ1) is 19.2. The normalized spacial score (nSPS) is 14.7. The molecule has 0 saturated carbocycles. The molecule has 1 aliphatic rings. The van der Waals surface area contributed by atoms with Crippen molar-refractivity contribution in [3.8, 4) is 5.75 Å². The smallest absolute Gasteiger partial charge is 0.343 e. The maximum Gasteiger partial charge on any atom is 0.343 e. The highest BCUT2D eigenvalue weighted by Crippen LogP contribution is 2.25. The summed E-state index contributed by atoms with van der Waals surface area (Å²) in [5.41, 5.74) is 1.90. The van der Waals surface area contributed by atoms with Crippen molar-refractivity contribution in [2.24, 2.45) is 0 Å². The maximum atomic E-state index is 12.6. The van der Waals surface area contributed by atoms with E-state index in [-0.39, 0.29) is 11.7 Å². The second-order valence-corrected chi connectivity index (χ2v) is 7.00. The van der Waals surface area contributed by atoms with Crippen LogP contribution in [0.4, 0.5) is 0 Å². The van der Waals surface area contributed by atoms with Gasteiger partial charge in [0, 0.05) is 56.3 Å². The van der Waals surface area contributed by atoms with Gasteiger partial charge in [-0.1, -0.05) is 0 Å². The molecule has 0 saturated heterocycles. The summed E-state index contributed by atoms with van der Waals surface area (Å²) in [5.74, 6) is 0.695. The van der Waals surface area contributed by atoms with Gasteiger partial charge in [-0.15, -0.1) is 0 Å². The molecule has 146 valence electrons. The fourth-order valence-corrected chi connectivity index (χ4v) is 3.41. The van der Waals surface area contributed by atoms with Crippen molar-refractivity contribution >= 4 is 5.97 Å². The van der Waals surface area contributed by atoms with Gasteiger partial charge in [0.1, 0.15) is 17.1 Å². The highest BCUT2D eigenvalue weighted by Gasteiger charge is 2.26. The van der Waals surface area contributed by atoms with E-state index in [1.165, 1.54) is 13.2 Å². The summed E-state index contributed by atoms with van der Waals surface area (Å²) in [5, 5.41) is 0. The van der Waals surface area contributed by atoms with E-state index in [1.54, 1.807) is 4.57 Å². The van der Waals surface area contributed by atoms with E-state index < -0.39 is 5.97 Å². The van der Waals surface area contributed by atoms with Gasteiger partial charge in [-0.2, -0.15) is 0 Å². The fraction of sp³-hybridized carbons (Fsp3) is 0.526. The van der Waals surface area contributed by atoms with Gasteiger partial charge in [-0.3, -0.25) is 9.69 Å². The predicted molar refractivity (Wildman–Crippen MR) is 100 cm³/mol. The summed E-state index contributed by atoms with van der Waals surface area (Å²) >= 11 is 0. The van der Waals surface area contributed by atoms with Crippen LogP contribution in [0.2, 0.25) is 0 Å². The van der Waals surface area contributed by atoms with E-state index in [0.717, 1.165) is 11.5 Å². The quantitative estimate of drug-likeness (QED) is 0.798. The Balaban J connectivity index is 1.93. The van der Waals surface area contributed by atoms with Crippen molar-refractivity contribution < 1.29 is 14.3 Å². The average molecular weight is 374 g/mol. The number of ether oxygens (including phenoxy) is 2. The number of H-pyrrole nitrogens is 1. The number of carbonyl (C=O) groups is 1. The zero-order chi connectivity index (χ0) is 19.6. The minimum atomic E-state index is -0.480. The molecule has 3 rings (SSSR count). The molecular weight excluding hydrogens is 348 g/mol. The summed E-state index contributed by atoms with van der Waals surface area (Å²) in [7, 11) is 1.34. The molecule has 0 atom stereocenters. The van der Waals surface area contributed by atoms with Gasteiger partial charge >= 0.3 is 5.97 Å². The SMILES string of the molecule is COC(=O)c1c(OC(C)C)cc(=O)n2c1CCN(Cc1cnc(C)[nH]1)CC2. The Bertz CT molecular complexity index is 884. The molecule has 0 fully saturated rings. The van der Waals surface area contributed by atoms with Gasteiger partial charge in [0.25, 0.3) is 5.56 Å². The monoisotopic (exact) mass is 374 g/mol. The average Bonchev–Trinajstić information content (AvgIpc) is 2.89. The number of nitrogens with one attached hydrogen (secondary N) is 1. The second-order valence-electron chi connectivity index (χ2n) is 7.00. The minimum Gasteiger partial charge on any atom is -0.490 e. The molecule has 1 aliphatic heterocycles. The number of nitrogens with zero attached hydrogens (tertiary/aromatic N) is 3. The number of esters is 1. The van der Waals surface area contributed by atoms with Gasteiger partial charge in [-0.05, 0) is 20.8 Å². The van der Waals surface area contributed by atoms with Crippen LogP contribution in [-0.4, -0.2) is 51.7 Å². The number of pyridine rings is 1. The fourth-order valence-electron chi connectivity index (χ4n) is 3.41. The number of methoxy groups -OCH3 is 1. The van der Waals surface area contributed by atoms with Gasteiger partial charge in [0.2, 0.25) is 0 Å². The lowest BCUT2D eigenvalue weighted by Gasteiger charge is -2.18. The largest absolute Gasteiger partial charge is 0.490 e. The topological polar surface area (TPSA) is 89.4 Å². The molecule has 0 aliphatic carbocycles. The van der Waals surface area contributed by atoms with E-state index in [9.17, 15) is 9.59 Å². The molecule has 1 N–H and O–H groups in total. The lowest BCUT2D eigenvalue weighted by atomic mass is 10.1. The molecular formula is C19H26N4O4. The Morgan fingerprint density at radius 1 is 1.33 bits per heavy atom. The number of aromatic amines is 1. The molecule has 8 heteroatoms. The first-order valence-corrected chi connectivity index (χ1v) is 9.13. The van der Waals surface area contributed by atoms with E-state index >= 15 is 0 Å². The van der Waals surface area contributed by atoms with Crippen molar-refractivity contribution in [2.75, 3.05) is 20.2 Å². The maximum absolute atomic E-state index is 12.6. The van der Waals surface area contributed by atoms with Crippen molar-refractivity contribution in [3.05, 3.63) is 45.4 Å². The van der Waals surface area contributed by atoms with Gasteiger partial charge in [-0.25, -0.2) is 9.78 Å². The third kappa shape index (κ3) is 4.21. The summed E-state index contributed by atoms with van der Waals surface area (Å²) < 4.78 is 12.4. The molecule has 0 bridgehead atoms. The Morgan fingerprint density at radius 2 is 2.11 bits per heavy atom. The van der Waals surface area contributed by atoms with Crippen LogP contribution in [0.25, 0.3) is 0 Å². The van der Waals surface area contributed by atoms with Crippen molar-refractivity contribution in [2.45, 2.75) is 46.4 Å². The number of fused-ring (bicyclic) bond motifs is 1. The molecule has 27 heavy (non-hydrogen) atoms. The first-order chi connectivity index (χ1) is 12.9. The molecule has 0 amide bonds. The number of carbonyl (C=O) groups excluding carboxylic acids is 1. The third-order valence-electron chi connectivity index (χ3n) is 4.59. The summed E-state index contributed by atoms with van der Waals surface area (Å²) in [6.45, 7) is 8.28. The molecule has 0 unspecified atom stereocenters. The number of aryl methyl sites for hydroxylation is 1. The summed E-state index contributed by atoms with van der Waals surface area (Å²) in [6.07, 6.45) is 2.23. The van der Waals surface area contributed by atoms with E-state index in [1.807, 2.05) is 27.0 Å². The number of hydrogen-bond donors (Lipinski definition) is 1. The number of imidazole rings is 1. The van der Waals surface area contributed by atoms with Gasteiger partial charge in [0.05, 0.1) is 13.2 Å². The van der Waals surface area contributed by atoms with E-state index in [4.69, 9.17) is 9.47 Å². The zero-order valence-electron chi connectivity index (χ0n) is 16.2.